The largest absolute Gasteiger partial charge is 0.497 e. The Morgan fingerprint density at radius 3 is 2.71 bits per heavy atom. The number of anilines is 1. The molecule has 1 aromatic carbocycles. The molecule has 0 spiro atoms. The van der Waals surface area contributed by atoms with E-state index in [4.69, 9.17) is 4.74 Å². The Morgan fingerprint density at radius 1 is 1.33 bits per heavy atom. The van der Waals surface area contributed by atoms with Crippen molar-refractivity contribution in [2.75, 3.05) is 19.0 Å². The lowest BCUT2D eigenvalue weighted by Crippen LogP contribution is -2.15. The van der Waals surface area contributed by atoms with E-state index in [9.17, 15) is 4.79 Å². The molecule has 0 fully saturated rings. The van der Waals surface area contributed by atoms with Gasteiger partial charge in [-0.05, 0) is 39.0 Å². The Bertz CT molecular complexity index is 924. The maximum Gasteiger partial charge on any atom is 0.184 e. The number of fused-ring (bicyclic) bond motifs is 1. The number of rotatable bonds is 5. The van der Waals surface area contributed by atoms with Crippen molar-refractivity contribution >= 4 is 33.8 Å². The van der Waals surface area contributed by atoms with E-state index in [0.717, 1.165) is 43.6 Å². The Balaban J connectivity index is 1.94. The molecule has 2 heterocycles. The first kappa shape index (κ1) is 16.5. The number of ether oxygens (including phenoxy) is 1. The van der Waals surface area contributed by atoms with Gasteiger partial charge in [-0.3, -0.25) is 4.79 Å². The van der Waals surface area contributed by atoms with Crippen molar-refractivity contribution in [2.24, 2.45) is 7.05 Å². The molecule has 0 atom stereocenters. The molecule has 0 aliphatic carbocycles. The van der Waals surface area contributed by atoms with Crippen molar-refractivity contribution < 1.29 is 9.53 Å². The average Bonchev–Trinajstić information content (AvgIpc) is 3.01. The molecule has 6 heteroatoms. The van der Waals surface area contributed by atoms with Gasteiger partial charge >= 0.3 is 0 Å². The monoisotopic (exact) mass is 343 g/mol. The molecule has 2 aromatic heterocycles. The first-order valence-corrected chi connectivity index (χ1v) is 8.58. The first-order chi connectivity index (χ1) is 11.4. The second-order valence-electron chi connectivity index (χ2n) is 5.82. The summed E-state index contributed by atoms with van der Waals surface area (Å²) >= 11 is 1.63. The van der Waals surface area contributed by atoms with Crippen LogP contribution in [0.2, 0.25) is 0 Å². The van der Waals surface area contributed by atoms with Gasteiger partial charge in [-0.1, -0.05) is 0 Å². The second-order valence-corrected chi connectivity index (χ2v) is 7.22. The smallest absolute Gasteiger partial charge is 0.184 e. The standard InChI is InChI=1S/C18H21N3O2S/c1-10-17(14-8-13(23-5)6-7-15(14)21(10)4)16(22)9-19-18-11(2)24-12(3)20-18/h6-8,19H,9H2,1-5H3. The van der Waals surface area contributed by atoms with E-state index in [2.05, 4.69) is 10.3 Å². The number of carbonyl (C=O) groups excluding carboxylic acids is 1. The molecular weight excluding hydrogens is 322 g/mol. The van der Waals surface area contributed by atoms with E-state index < -0.39 is 0 Å². The minimum atomic E-state index is 0.0522. The Labute approximate surface area is 145 Å². The zero-order valence-corrected chi connectivity index (χ0v) is 15.4. The van der Waals surface area contributed by atoms with Crippen LogP contribution in [-0.2, 0) is 7.05 Å². The minimum absolute atomic E-state index is 0.0522. The van der Waals surface area contributed by atoms with Crippen LogP contribution in [0.3, 0.4) is 0 Å². The predicted molar refractivity (Wildman–Crippen MR) is 98.6 cm³/mol. The van der Waals surface area contributed by atoms with Crippen molar-refractivity contribution in [3.05, 3.63) is 39.3 Å². The van der Waals surface area contributed by atoms with Gasteiger partial charge in [0.1, 0.15) is 11.6 Å². The summed E-state index contributed by atoms with van der Waals surface area (Å²) in [6.45, 7) is 6.16. The van der Waals surface area contributed by atoms with Crippen LogP contribution in [0.1, 0.15) is 25.9 Å². The minimum Gasteiger partial charge on any atom is -0.497 e. The molecule has 0 bridgehead atoms. The van der Waals surface area contributed by atoms with Crippen molar-refractivity contribution in [1.29, 1.82) is 0 Å². The molecule has 0 unspecified atom stereocenters. The van der Waals surface area contributed by atoms with Gasteiger partial charge in [-0.2, -0.15) is 0 Å². The number of ketones is 1. The van der Waals surface area contributed by atoms with Crippen LogP contribution in [0.25, 0.3) is 10.9 Å². The van der Waals surface area contributed by atoms with Crippen molar-refractivity contribution in [3.63, 3.8) is 0 Å². The highest BCUT2D eigenvalue weighted by molar-refractivity contribution is 7.12. The summed E-state index contributed by atoms with van der Waals surface area (Å²) < 4.78 is 7.35. The normalized spacial score (nSPS) is 11.0. The van der Waals surface area contributed by atoms with Crippen LogP contribution in [0.5, 0.6) is 5.75 Å². The molecule has 0 radical (unpaired) electrons. The van der Waals surface area contributed by atoms with Crippen molar-refractivity contribution in [3.8, 4) is 5.75 Å². The molecule has 1 N–H and O–H groups in total. The quantitative estimate of drug-likeness (QED) is 0.715. The third kappa shape index (κ3) is 2.78. The van der Waals surface area contributed by atoms with E-state index in [-0.39, 0.29) is 12.3 Å². The zero-order valence-electron chi connectivity index (χ0n) is 14.6. The predicted octanol–water partition coefficient (Wildman–Crippen LogP) is 3.86. The van der Waals surface area contributed by atoms with Crippen LogP contribution in [0.4, 0.5) is 5.82 Å². The van der Waals surface area contributed by atoms with Crippen LogP contribution in [-0.4, -0.2) is 29.0 Å². The van der Waals surface area contributed by atoms with Gasteiger partial charge < -0.3 is 14.6 Å². The molecule has 3 rings (SSSR count). The van der Waals surface area contributed by atoms with Crippen LogP contribution < -0.4 is 10.1 Å². The van der Waals surface area contributed by atoms with Gasteiger partial charge in [0, 0.05) is 34.1 Å². The molecule has 0 amide bonds. The number of methoxy groups -OCH3 is 1. The zero-order chi connectivity index (χ0) is 17.4. The Hall–Kier alpha value is -2.34. The number of nitrogens with one attached hydrogen (secondary N) is 1. The molecule has 126 valence electrons. The topological polar surface area (TPSA) is 56.1 Å². The highest BCUT2D eigenvalue weighted by Crippen LogP contribution is 2.29. The van der Waals surface area contributed by atoms with Crippen molar-refractivity contribution in [1.82, 2.24) is 9.55 Å². The van der Waals surface area contributed by atoms with Gasteiger partial charge in [0.15, 0.2) is 5.78 Å². The first-order valence-electron chi connectivity index (χ1n) is 7.76. The summed E-state index contributed by atoms with van der Waals surface area (Å²) in [5.41, 5.74) is 2.72. The number of hydrogen-bond acceptors (Lipinski definition) is 5. The lowest BCUT2D eigenvalue weighted by Gasteiger charge is -2.05. The summed E-state index contributed by atoms with van der Waals surface area (Å²) in [5.74, 6) is 1.60. The van der Waals surface area contributed by atoms with Gasteiger partial charge in [0.25, 0.3) is 0 Å². The maximum absolute atomic E-state index is 12.8. The summed E-state index contributed by atoms with van der Waals surface area (Å²) in [6, 6.07) is 5.82. The lowest BCUT2D eigenvalue weighted by atomic mass is 10.1. The molecule has 0 saturated heterocycles. The highest BCUT2D eigenvalue weighted by Gasteiger charge is 2.19. The summed E-state index contributed by atoms with van der Waals surface area (Å²) in [7, 11) is 3.61. The number of thiazole rings is 1. The number of aromatic nitrogens is 2. The third-order valence-electron chi connectivity index (χ3n) is 4.30. The molecule has 0 saturated carbocycles. The van der Waals surface area contributed by atoms with Gasteiger partial charge in [-0.15, -0.1) is 11.3 Å². The van der Waals surface area contributed by atoms with E-state index in [1.807, 2.05) is 50.6 Å². The van der Waals surface area contributed by atoms with E-state index in [1.165, 1.54) is 0 Å². The highest BCUT2D eigenvalue weighted by atomic mass is 32.1. The van der Waals surface area contributed by atoms with Crippen molar-refractivity contribution in [2.45, 2.75) is 20.8 Å². The van der Waals surface area contributed by atoms with Crippen LogP contribution in [0.15, 0.2) is 18.2 Å². The summed E-state index contributed by atoms with van der Waals surface area (Å²) in [4.78, 5) is 18.4. The Morgan fingerprint density at radius 2 is 2.08 bits per heavy atom. The second kappa shape index (κ2) is 6.28. The number of benzene rings is 1. The molecular formula is C18H21N3O2S. The third-order valence-corrected chi connectivity index (χ3v) is 5.18. The van der Waals surface area contributed by atoms with Crippen LogP contribution >= 0.6 is 11.3 Å². The number of carbonyl (C=O) groups is 1. The molecule has 0 aliphatic rings. The SMILES string of the molecule is COc1ccc2c(c1)c(C(=O)CNc1nc(C)sc1C)c(C)n2C. The Kier molecular flexibility index (Phi) is 4.32. The van der Waals surface area contributed by atoms with E-state index in [1.54, 1.807) is 18.4 Å². The van der Waals surface area contributed by atoms with Gasteiger partial charge in [0.2, 0.25) is 0 Å². The van der Waals surface area contributed by atoms with Gasteiger partial charge in [0.05, 0.1) is 18.7 Å². The average molecular weight is 343 g/mol. The number of aryl methyl sites for hydroxylation is 3. The number of Topliss-reactive ketones (excluding diaryl/α,β-unsaturated/α-hetero) is 1. The van der Waals surface area contributed by atoms with Gasteiger partial charge in [-0.25, -0.2) is 4.98 Å². The van der Waals surface area contributed by atoms with E-state index in [0.29, 0.717) is 0 Å². The fraction of sp³-hybridized carbons (Fsp3) is 0.333. The molecule has 3 aromatic rings. The summed E-state index contributed by atoms with van der Waals surface area (Å²) in [6.07, 6.45) is 0. The summed E-state index contributed by atoms with van der Waals surface area (Å²) in [5, 5.41) is 5.09. The molecule has 0 aliphatic heterocycles. The number of nitrogens with zero attached hydrogens (tertiary/aromatic N) is 2. The maximum atomic E-state index is 12.8. The number of hydrogen-bond donors (Lipinski definition) is 1. The lowest BCUT2D eigenvalue weighted by molar-refractivity contribution is 0.101. The fourth-order valence-corrected chi connectivity index (χ4v) is 3.77. The molecule has 5 nitrogen and oxygen atoms in total. The van der Waals surface area contributed by atoms with E-state index >= 15 is 0 Å². The molecule has 24 heavy (non-hydrogen) atoms. The van der Waals surface area contributed by atoms with Crippen LogP contribution in [0, 0.1) is 20.8 Å². The fourth-order valence-electron chi connectivity index (χ4n) is 2.98.